The van der Waals surface area contributed by atoms with E-state index >= 15 is 0 Å². The summed E-state index contributed by atoms with van der Waals surface area (Å²) in [6.45, 7) is 3.42. The van der Waals surface area contributed by atoms with Crippen LogP contribution in [0.2, 0.25) is 0 Å². The number of aliphatic carboxylic acids is 1. The van der Waals surface area contributed by atoms with Crippen molar-refractivity contribution < 1.29 is 14.6 Å². The zero-order chi connectivity index (χ0) is 10.6. The highest BCUT2D eigenvalue weighted by atomic mass is 16.5. The lowest BCUT2D eigenvalue weighted by atomic mass is 10.2. The van der Waals surface area contributed by atoms with Gasteiger partial charge in [0.1, 0.15) is 5.75 Å². The number of rotatable bonds is 4. The van der Waals surface area contributed by atoms with E-state index in [0.717, 1.165) is 5.56 Å². The molecule has 0 amide bonds. The Morgan fingerprint density at radius 2 is 2.29 bits per heavy atom. The highest BCUT2D eigenvalue weighted by Crippen LogP contribution is 2.15. The molecule has 3 heteroatoms. The van der Waals surface area contributed by atoms with Gasteiger partial charge in [0.2, 0.25) is 0 Å². The Hall–Kier alpha value is -1.51. The predicted molar refractivity (Wildman–Crippen MR) is 53.2 cm³/mol. The van der Waals surface area contributed by atoms with Crippen LogP contribution in [0.5, 0.6) is 5.75 Å². The smallest absolute Gasteiger partial charge is 0.344 e. The van der Waals surface area contributed by atoms with E-state index in [1.807, 2.05) is 25.5 Å². The lowest BCUT2D eigenvalue weighted by Gasteiger charge is -2.10. The van der Waals surface area contributed by atoms with Gasteiger partial charge in [0.05, 0.1) is 0 Å². The summed E-state index contributed by atoms with van der Waals surface area (Å²) in [6.07, 6.45) is 1.11. The third kappa shape index (κ3) is 2.76. The molecular weight excluding hydrogens is 180 g/mol. The SMILES string of the molecule is C[CH]c1cccc(OC(C)C(=O)O)c1. The normalized spacial score (nSPS) is 12.1. The minimum Gasteiger partial charge on any atom is -0.479 e. The van der Waals surface area contributed by atoms with Gasteiger partial charge in [-0.15, -0.1) is 0 Å². The van der Waals surface area contributed by atoms with Gasteiger partial charge in [0.25, 0.3) is 0 Å². The van der Waals surface area contributed by atoms with Crippen LogP contribution in [0.15, 0.2) is 24.3 Å². The minimum atomic E-state index is -0.962. The van der Waals surface area contributed by atoms with Crippen molar-refractivity contribution >= 4 is 5.97 Å². The molecule has 1 unspecified atom stereocenters. The van der Waals surface area contributed by atoms with E-state index in [0.29, 0.717) is 5.75 Å². The Kier molecular flexibility index (Phi) is 3.51. The van der Waals surface area contributed by atoms with Gasteiger partial charge in [0.15, 0.2) is 6.10 Å². The van der Waals surface area contributed by atoms with Crippen LogP contribution in [0.4, 0.5) is 0 Å². The molecule has 1 atom stereocenters. The lowest BCUT2D eigenvalue weighted by molar-refractivity contribution is -0.144. The molecule has 1 rings (SSSR count). The Bertz CT molecular complexity index is 320. The molecule has 1 aromatic rings. The Balaban J connectivity index is 2.71. The molecule has 1 radical (unpaired) electrons. The third-order valence-electron chi connectivity index (χ3n) is 1.85. The van der Waals surface area contributed by atoms with E-state index < -0.39 is 12.1 Å². The van der Waals surface area contributed by atoms with Crippen molar-refractivity contribution in [3.63, 3.8) is 0 Å². The first-order valence-corrected chi connectivity index (χ1v) is 4.42. The molecule has 0 aliphatic heterocycles. The Morgan fingerprint density at radius 1 is 1.57 bits per heavy atom. The molecule has 0 aliphatic rings. The zero-order valence-corrected chi connectivity index (χ0v) is 8.23. The van der Waals surface area contributed by atoms with Crippen molar-refractivity contribution in [3.05, 3.63) is 36.2 Å². The molecule has 0 aliphatic carbocycles. The maximum Gasteiger partial charge on any atom is 0.344 e. The van der Waals surface area contributed by atoms with Crippen molar-refractivity contribution in [1.82, 2.24) is 0 Å². The van der Waals surface area contributed by atoms with E-state index in [4.69, 9.17) is 9.84 Å². The number of hydrogen-bond donors (Lipinski definition) is 1. The average Bonchev–Trinajstić information content (AvgIpc) is 2.18. The first-order chi connectivity index (χ1) is 6.63. The van der Waals surface area contributed by atoms with E-state index in [2.05, 4.69) is 0 Å². The summed E-state index contributed by atoms with van der Waals surface area (Å²) < 4.78 is 5.20. The van der Waals surface area contributed by atoms with Crippen LogP contribution in [0.1, 0.15) is 19.4 Å². The van der Waals surface area contributed by atoms with Gasteiger partial charge < -0.3 is 9.84 Å². The van der Waals surface area contributed by atoms with Gasteiger partial charge in [-0.2, -0.15) is 0 Å². The van der Waals surface area contributed by atoms with Gasteiger partial charge >= 0.3 is 5.97 Å². The van der Waals surface area contributed by atoms with Crippen LogP contribution in [0, 0.1) is 6.42 Å². The van der Waals surface area contributed by atoms with Crippen LogP contribution in [0.25, 0.3) is 0 Å². The number of ether oxygens (including phenoxy) is 1. The fourth-order valence-corrected chi connectivity index (χ4v) is 1.02. The van der Waals surface area contributed by atoms with Gasteiger partial charge in [-0.1, -0.05) is 19.1 Å². The van der Waals surface area contributed by atoms with Gasteiger partial charge in [-0.05, 0) is 31.0 Å². The molecule has 0 saturated carbocycles. The molecule has 0 fully saturated rings. The number of benzene rings is 1. The fourth-order valence-electron chi connectivity index (χ4n) is 1.02. The molecule has 3 nitrogen and oxygen atoms in total. The highest BCUT2D eigenvalue weighted by molar-refractivity contribution is 5.72. The second-order valence-corrected chi connectivity index (χ2v) is 2.96. The van der Waals surface area contributed by atoms with Crippen molar-refractivity contribution in [1.29, 1.82) is 0 Å². The van der Waals surface area contributed by atoms with Crippen molar-refractivity contribution in [2.24, 2.45) is 0 Å². The summed E-state index contributed by atoms with van der Waals surface area (Å²) in [5.41, 5.74) is 1.01. The summed E-state index contributed by atoms with van der Waals surface area (Å²) in [4.78, 5) is 10.5. The highest BCUT2D eigenvalue weighted by Gasteiger charge is 2.11. The summed E-state index contributed by atoms with van der Waals surface area (Å²) in [5, 5.41) is 8.64. The average molecular weight is 193 g/mol. The maximum atomic E-state index is 10.5. The van der Waals surface area contributed by atoms with Crippen LogP contribution in [0.3, 0.4) is 0 Å². The quantitative estimate of drug-likeness (QED) is 0.796. The number of hydrogen-bond acceptors (Lipinski definition) is 2. The van der Waals surface area contributed by atoms with E-state index in [9.17, 15) is 4.79 Å². The predicted octanol–water partition coefficient (Wildman–Crippen LogP) is 2.11. The number of carboxylic acid groups (broad SMARTS) is 1. The van der Waals surface area contributed by atoms with Crippen molar-refractivity contribution in [2.45, 2.75) is 20.0 Å². The van der Waals surface area contributed by atoms with E-state index in [-0.39, 0.29) is 0 Å². The maximum absolute atomic E-state index is 10.5. The molecule has 0 bridgehead atoms. The fraction of sp³-hybridized carbons (Fsp3) is 0.273. The summed E-state index contributed by atoms with van der Waals surface area (Å²) >= 11 is 0. The summed E-state index contributed by atoms with van der Waals surface area (Å²) in [7, 11) is 0. The second-order valence-electron chi connectivity index (χ2n) is 2.96. The molecule has 75 valence electrons. The van der Waals surface area contributed by atoms with Gasteiger partial charge in [-0.25, -0.2) is 4.79 Å². The van der Waals surface area contributed by atoms with Crippen molar-refractivity contribution in [2.75, 3.05) is 0 Å². The first-order valence-electron chi connectivity index (χ1n) is 4.42. The zero-order valence-electron chi connectivity index (χ0n) is 8.23. The number of carbonyl (C=O) groups is 1. The van der Waals surface area contributed by atoms with Crippen molar-refractivity contribution in [3.8, 4) is 5.75 Å². The van der Waals surface area contributed by atoms with Crippen LogP contribution < -0.4 is 4.74 Å². The molecular formula is C11H13O3. The van der Waals surface area contributed by atoms with Crippen LogP contribution in [-0.2, 0) is 4.79 Å². The Morgan fingerprint density at radius 3 is 2.86 bits per heavy atom. The molecule has 0 spiro atoms. The molecule has 0 heterocycles. The third-order valence-corrected chi connectivity index (χ3v) is 1.85. The van der Waals surface area contributed by atoms with Crippen LogP contribution in [-0.4, -0.2) is 17.2 Å². The van der Waals surface area contributed by atoms with E-state index in [1.165, 1.54) is 6.92 Å². The standard InChI is InChI=1S/C11H13O3/c1-3-9-5-4-6-10(7-9)14-8(2)11(12)13/h3-8H,1-2H3,(H,12,13). The monoisotopic (exact) mass is 193 g/mol. The molecule has 1 aromatic carbocycles. The molecule has 0 aromatic heterocycles. The molecule has 1 N–H and O–H groups in total. The van der Waals surface area contributed by atoms with E-state index in [1.54, 1.807) is 12.1 Å². The molecule has 0 saturated heterocycles. The second kappa shape index (κ2) is 4.65. The number of carboxylic acids is 1. The minimum absolute atomic E-state index is 0.579. The lowest BCUT2D eigenvalue weighted by Crippen LogP contribution is -2.22. The molecule has 14 heavy (non-hydrogen) atoms. The largest absolute Gasteiger partial charge is 0.479 e. The van der Waals surface area contributed by atoms with Gasteiger partial charge in [0, 0.05) is 0 Å². The van der Waals surface area contributed by atoms with Gasteiger partial charge in [-0.3, -0.25) is 0 Å². The summed E-state index contributed by atoms with van der Waals surface area (Å²) in [6, 6.07) is 7.31. The Labute approximate surface area is 83.3 Å². The summed E-state index contributed by atoms with van der Waals surface area (Å²) in [5.74, 6) is -0.383. The van der Waals surface area contributed by atoms with Crippen LogP contribution >= 0.6 is 0 Å². The topological polar surface area (TPSA) is 46.5 Å². The first kappa shape index (κ1) is 10.6.